The molecule has 0 spiro atoms. The molecule has 0 aliphatic heterocycles. The number of benzene rings is 2. The Bertz CT molecular complexity index is 822. The van der Waals surface area contributed by atoms with Gasteiger partial charge >= 0.3 is 29.6 Å². The molecule has 0 aromatic heterocycles. The van der Waals surface area contributed by atoms with Crippen LogP contribution in [0.4, 0.5) is 0 Å². The molecule has 0 bridgehead atoms. The minimum Gasteiger partial charge on any atom is -0.872 e. The van der Waals surface area contributed by atoms with E-state index >= 15 is 0 Å². The van der Waals surface area contributed by atoms with Gasteiger partial charge in [0, 0.05) is 6.07 Å². The molecule has 2 rings (SSSR count). The number of hydrogen-bond acceptors (Lipinski definition) is 4. The summed E-state index contributed by atoms with van der Waals surface area (Å²) in [6.45, 7) is 2.16. The third kappa shape index (κ3) is 8.13. The van der Waals surface area contributed by atoms with Gasteiger partial charge < -0.3 is 9.84 Å². The zero-order chi connectivity index (χ0) is 19.7. The van der Waals surface area contributed by atoms with E-state index < -0.39 is 15.9 Å². The van der Waals surface area contributed by atoms with Crippen LogP contribution in [0, 0.1) is 0 Å². The van der Waals surface area contributed by atoms with Crippen molar-refractivity contribution in [2.45, 2.75) is 63.2 Å². The van der Waals surface area contributed by atoms with Crippen LogP contribution in [-0.4, -0.2) is 13.0 Å². The first-order valence-corrected chi connectivity index (χ1v) is 10.9. The van der Waals surface area contributed by atoms with Gasteiger partial charge in [-0.15, -0.1) is 5.75 Å². The van der Waals surface area contributed by atoms with Crippen molar-refractivity contribution >= 4 is 10.1 Å². The van der Waals surface area contributed by atoms with E-state index in [1.54, 1.807) is 24.3 Å². The molecule has 0 heterocycles. The SMILES string of the molecule is CCCCCCCCCc1c([O-])cc(Oc2ccccc2)cc1S(=O)(=O)O.[Na+]. The van der Waals surface area contributed by atoms with Crippen molar-refractivity contribution in [1.82, 2.24) is 0 Å². The summed E-state index contributed by atoms with van der Waals surface area (Å²) < 4.78 is 38.7. The van der Waals surface area contributed by atoms with Gasteiger partial charge in [-0.3, -0.25) is 4.55 Å². The second-order valence-electron chi connectivity index (χ2n) is 6.66. The molecule has 0 aliphatic rings. The minimum atomic E-state index is -4.51. The zero-order valence-corrected chi connectivity index (χ0v) is 19.5. The maximum Gasteiger partial charge on any atom is 1.00 e. The summed E-state index contributed by atoms with van der Waals surface area (Å²) in [5.74, 6) is 0.155. The molecule has 0 amide bonds. The van der Waals surface area contributed by atoms with E-state index in [1.165, 1.54) is 31.4 Å². The molecule has 1 N–H and O–H groups in total. The molecule has 28 heavy (non-hydrogen) atoms. The van der Waals surface area contributed by atoms with Crippen molar-refractivity contribution in [3.8, 4) is 17.2 Å². The van der Waals surface area contributed by atoms with Gasteiger partial charge in [0.2, 0.25) is 0 Å². The summed E-state index contributed by atoms with van der Waals surface area (Å²) in [6, 6.07) is 11.3. The molecule has 0 aliphatic carbocycles. The zero-order valence-electron chi connectivity index (χ0n) is 16.7. The van der Waals surface area contributed by atoms with Gasteiger partial charge in [-0.1, -0.05) is 63.6 Å². The molecular formula is C21H27NaO5S. The maximum atomic E-state index is 12.4. The largest absolute Gasteiger partial charge is 1.00 e. The first kappa shape index (κ1) is 25.0. The fourth-order valence-electron chi connectivity index (χ4n) is 3.01. The number of rotatable bonds is 11. The number of unbranched alkanes of at least 4 members (excludes halogenated alkanes) is 6. The average molecular weight is 414 g/mol. The molecule has 0 unspecified atom stereocenters. The number of ether oxygens (including phenoxy) is 1. The Kier molecular flexibility index (Phi) is 11.2. The molecular weight excluding hydrogens is 387 g/mol. The topological polar surface area (TPSA) is 86.7 Å². The van der Waals surface area contributed by atoms with E-state index in [1.807, 2.05) is 6.07 Å². The first-order valence-electron chi connectivity index (χ1n) is 9.46. The smallest absolute Gasteiger partial charge is 0.872 e. The minimum absolute atomic E-state index is 0. The number of hydrogen-bond donors (Lipinski definition) is 1. The third-order valence-corrected chi connectivity index (χ3v) is 5.35. The van der Waals surface area contributed by atoms with Crippen molar-refractivity contribution < 1.29 is 52.4 Å². The Morgan fingerprint density at radius 3 is 2.14 bits per heavy atom. The summed E-state index contributed by atoms with van der Waals surface area (Å²) >= 11 is 0. The van der Waals surface area contributed by atoms with Gasteiger partial charge in [-0.25, -0.2) is 0 Å². The summed E-state index contributed by atoms with van der Waals surface area (Å²) in [4.78, 5) is -0.355. The number of para-hydroxylation sites is 1. The molecule has 0 fully saturated rings. The average Bonchev–Trinajstić information content (AvgIpc) is 2.62. The van der Waals surface area contributed by atoms with Crippen LogP contribution in [0.5, 0.6) is 17.2 Å². The van der Waals surface area contributed by atoms with Crippen molar-refractivity contribution in [3.05, 3.63) is 48.0 Å². The molecule has 0 radical (unpaired) electrons. The standard InChI is InChI=1S/C21H28O5S.Na/c1-2-3-4-5-6-7-11-14-19-20(22)15-18(16-21(19)27(23,24)25)26-17-12-9-8-10-13-17;/h8-10,12-13,15-16,22H,2-7,11,14H2,1H3,(H,23,24,25);/q;+1/p-1. The van der Waals surface area contributed by atoms with E-state index in [0.717, 1.165) is 19.3 Å². The summed E-state index contributed by atoms with van der Waals surface area (Å²) in [7, 11) is -4.51. The van der Waals surface area contributed by atoms with Crippen LogP contribution in [0.3, 0.4) is 0 Å². The molecule has 148 valence electrons. The van der Waals surface area contributed by atoms with Crippen LogP contribution in [-0.2, 0) is 16.5 Å². The summed E-state index contributed by atoms with van der Waals surface area (Å²) in [5, 5.41) is 12.4. The van der Waals surface area contributed by atoms with E-state index in [2.05, 4.69) is 6.92 Å². The molecule has 2 aromatic rings. The van der Waals surface area contributed by atoms with Gasteiger partial charge in [0.15, 0.2) is 0 Å². The quantitative estimate of drug-likeness (QED) is 0.346. The van der Waals surface area contributed by atoms with Crippen LogP contribution in [0.15, 0.2) is 47.4 Å². The molecule has 0 saturated carbocycles. The van der Waals surface area contributed by atoms with Crippen LogP contribution in [0.25, 0.3) is 0 Å². The predicted octanol–water partition coefficient (Wildman–Crippen LogP) is 2.10. The van der Waals surface area contributed by atoms with Crippen molar-refractivity contribution in [2.75, 3.05) is 0 Å². The van der Waals surface area contributed by atoms with Crippen LogP contribution in [0.2, 0.25) is 0 Å². The summed E-state index contributed by atoms with van der Waals surface area (Å²) in [5.41, 5.74) is 0.131. The van der Waals surface area contributed by atoms with Gasteiger partial charge in [-0.05, 0) is 36.6 Å². The van der Waals surface area contributed by atoms with E-state index in [0.29, 0.717) is 18.6 Å². The molecule has 0 atom stereocenters. The van der Waals surface area contributed by atoms with Crippen LogP contribution >= 0.6 is 0 Å². The second-order valence-corrected chi connectivity index (χ2v) is 8.05. The van der Waals surface area contributed by atoms with Crippen molar-refractivity contribution in [2.24, 2.45) is 0 Å². The second kappa shape index (κ2) is 12.5. The van der Waals surface area contributed by atoms with Crippen molar-refractivity contribution in [1.29, 1.82) is 0 Å². The Morgan fingerprint density at radius 2 is 1.54 bits per heavy atom. The fourth-order valence-corrected chi connectivity index (χ4v) is 3.79. The van der Waals surface area contributed by atoms with E-state index in [-0.39, 0.29) is 45.8 Å². The molecule has 7 heteroatoms. The Morgan fingerprint density at radius 1 is 0.929 bits per heavy atom. The van der Waals surface area contributed by atoms with E-state index in [4.69, 9.17) is 4.74 Å². The van der Waals surface area contributed by atoms with E-state index in [9.17, 15) is 18.1 Å². The molecule has 0 saturated heterocycles. The normalized spacial score (nSPS) is 11.1. The maximum absolute atomic E-state index is 12.4. The Labute approximate surface area is 190 Å². The Hall–Kier alpha value is -1.05. The first-order chi connectivity index (χ1) is 12.9. The predicted molar refractivity (Wildman–Crippen MR) is 104 cm³/mol. The third-order valence-electron chi connectivity index (χ3n) is 4.43. The summed E-state index contributed by atoms with van der Waals surface area (Å²) in [6.07, 6.45) is 7.78. The Balaban J connectivity index is 0.00000392. The van der Waals surface area contributed by atoms with Crippen LogP contribution in [0.1, 0.15) is 57.4 Å². The van der Waals surface area contributed by atoms with Crippen molar-refractivity contribution in [3.63, 3.8) is 0 Å². The molecule has 2 aromatic carbocycles. The van der Waals surface area contributed by atoms with Gasteiger partial charge in [0.05, 0.1) is 0 Å². The van der Waals surface area contributed by atoms with Gasteiger partial charge in [-0.2, -0.15) is 8.42 Å². The monoisotopic (exact) mass is 414 g/mol. The fraction of sp³-hybridized carbons (Fsp3) is 0.429. The van der Waals surface area contributed by atoms with Crippen LogP contribution < -0.4 is 39.4 Å². The van der Waals surface area contributed by atoms with Gasteiger partial charge in [0.1, 0.15) is 16.4 Å². The van der Waals surface area contributed by atoms with Gasteiger partial charge in [0.25, 0.3) is 10.1 Å². The molecule has 5 nitrogen and oxygen atoms in total.